The van der Waals surface area contributed by atoms with Crippen LogP contribution in [-0.4, -0.2) is 34.0 Å². The van der Waals surface area contributed by atoms with Crippen molar-refractivity contribution in [3.05, 3.63) is 70.5 Å². The number of rotatable bonds is 8. The Morgan fingerprint density at radius 2 is 1.87 bits per heavy atom. The summed E-state index contributed by atoms with van der Waals surface area (Å²) in [6.07, 6.45) is 0. The van der Waals surface area contributed by atoms with E-state index in [1.54, 1.807) is 42.2 Å². The van der Waals surface area contributed by atoms with Gasteiger partial charge < -0.3 is 10.2 Å². The average molecular weight is 451 g/mol. The van der Waals surface area contributed by atoms with Crippen molar-refractivity contribution in [2.45, 2.75) is 51.6 Å². The Balaban J connectivity index is 2.11. The molecule has 30 heavy (non-hydrogen) atoms. The van der Waals surface area contributed by atoms with Crippen LogP contribution in [0, 0.1) is 5.82 Å². The second kappa shape index (κ2) is 10.8. The highest BCUT2D eigenvalue weighted by atomic mass is 35.5. The number of carbonyl (C=O) groups is 2. The van der Waals surface area contributed by atoms with Crippen molar-refractivity contribution in [2.75, 3.05) is 5.75 Å². The average Bonchev–Trinajstić information content (AvgIpc) is 2.65. The van der Waals surface area contributed by atoms with Crippen LogP contribution < -0.4 is 5.32 Å². The van der Waals surface area contributed by atoms with E-state index in [-0.39, 0.29) is 29.9 Å². The first kappa shape index (κ1) is 24.2. The Hall–Kier alpha value is -2.05. The fourth-order valence-corrected chi connectivity index (χ4v) is 3.94. The van der Waals surface area contributed by atoms with Gasteiger partial charge in [-0.2, -0.15) is 0 Å². The highest BCUT2D eigenvalue weighted by molar-refractivity contribution is 7.99. The maximum absolute atomic E-state index is 13.8. The van der Waals surface area contributed by atoms with E-state index >= 15 is 0 Å². The highest BCUT2D eigenvalue weighted by Gasteiger charge is 2.28. The molecule has 1 atom stereocenters. The fraction of sp³-hybridized carbons (Fsp3) is 0.391. The van der Waals surface area contributed by atoms with Gasteiger partial charge in [0, 0.05) is 22.9 Å². The van der Waals surface area contributed by atoms with Gasteiger partial charge in [-0.15, -0.1) is 11.8 Å². The maximum atomic E-state index is 13.8. The third-order valence-corrected chi connectivity index (χ3v) is 5.55. The largest absolute Gasteiger partial charge is 0.350 e. The predicted octanol–water partition coefficient (Wildman–Crippen LogP) is 5.04. The fourth-order valence-electron chi connectivity index (χ4n) is 2.84. The molecule has 0 radical (unpaired) electrons. The molecule has 0 heterocycles. The highest BCUT2D eigenvalue weighted by Crippen LogP contribution is 2.19. The van der Waals surface area contributed by atoms with E-state index in [0.717, 1.165) is 5.56 Å². The lowest BCUT2D eigenvalue weighted by molar-refractivity contribution is -0.139. The minimum absolute atomic E-state index is 0.141. The topological polar surface area (TPSA) is 49.4 Å². The van der Waals surface area contributed by atoms with Gasteiger partial charge in [-0.1, -0.05) is 41.9 Å². The summed E-state index contributed by atoms with van der Waals surface area (Å²) in [5.74, 6) is -0.176. The smallest absolute Gasteiger partial charge is 0.242 e. The first-order valence-electron chi connectivity index (χ1n) is 9.74. The van der Waals surface area contributed by atoms with Crippen molar-refractivity contribution in [3.8, 4) is 0 Å². The maximum Gasteiger partial charge on any atom is 0.242 e. The first-order valence-corrected chi connectivity index (χ1v) is 11.3. The van der Waals surface area contributed by atoms with E-state index in [1.807, 2.05) is 32.9 Å². The number of benzene rings is 2. The van der Waals surface area contributed by atoms with Gasteiger partial charge >= 0.3 is 0 Å². The number of thioether (sulfide) groups is 1. The summed E-state index contributed by atoms with van der Waals surface area (Å²) in [6.45, 7) is 7.66. The monoisotopic (exact) mass is 450 g/mol. The van der Waals surface area contributed by atoms with Crippen LogP contribution in [0.2, 0.25) is 5.02 Å². The number of amides is 2. The molecule has 2 amide bonds. The van der Waals surface area contributed by atoms with Crippen LogP contribution in [0.3, 0.4) is 0 Å². The third-order valence-electron chi connectivity index (χ3n) is 4.35. The van der Waals surface area contributed by atoms with Gasteiger partial charge in [0.05, 0.1) is 5.75 Å². The molecule has 0 spiro atoms. The second-order valence-electron chi connectivity index (χ2n) is 8.15. The third kappa shape index (κ3) is 7.65. The molecule has 4 nitrogen and oxygen atoms in total. The zero-order chi connectivity index (χ0) is 22.3. The van der Waals surface area contributed by atoms with Crippen molar-refractivity contribution in [1.82, 2.24) is 10.2 Å². The van der Waals surface area contributed by atoms with Crippen molar-refractivity contribution >= 4 is 35.2 Å². The van der Waals surface area contributed by atoms with Crippen molar-refractivity contribution in [2.24, 2.45) is 0 Å². The molecule has 0 aliphatic rings. The summed E-state index contributed by atoms with van der Waals surface area (Å²) in [5, 5.41) is 3.50. The van der Waals surface area contributed by atoms with Crippen molar-refractivity contribution in [1.29, 1.82) is 0 Å². The van der Waals surface area contributed by atoms with Crippen molar-refractivity contribution in [3.63, 3.8) is 0 Å². The summed E-state index contributed by atoms with van der Waals surface area (Å²) in [5.41, 5.74) is 0.982. The van der Waals surface area contributed by atoms with E-state index in [1.165, 1.54) is 17.8 Å². The Labute approximate surface area is 187 Å². The lowest BCUT2D eigenvalue weighted by atomic mass is 10.1. The van der Waals surface area contributed by atoms with Gasteiger partial charge in [0.25, 0.3) is 0 Å². The lowest BCUT2D eigenvalue weighted by Gasteiger charge is -2.31. The molecule has 0 bridgehead atoms. The molecule has 0 saturated carbocycles. The summed E-state index contributed by atoms with van der Waals surface area (Å²) in [4.78, 5) is 27.3. The Morgan fingerprint density at radius 1 is 1.17 bits per heavy atom. The Kier molecular flexibility index (Phi) is 8.74. The molecule has 0 aromatic heterocycles. The number of halogens is 2. The SMILES string of the molecule is C[C@H](C(=O)NC(C)(C)C)N(Cc1cccc(Cl)c1)C(=O)CSCc1ccccc1F. The molecule has 2 rings (SSSR count). The number of nitrogens with zero attached hydrogens (tertiary/aromatic N) is 1. The number of hydrogen-bond acceptors (Lipinski definition) is 3. The van der Waals surface area contributed by atoms with Crippen LogP contribution in [0.5, 0.6) is 0 Å². The van der Waals surface area contributed by atoms with Crippen molar-refractivity contribution < 1.29 is 14.0 Å². The van der Waals surface area contributed by atoms with Gasteiger partial charge in [0.2, 0.25) is 11.8 Å². The molecule has 2 aromatic carbocycles. The van der Waals surface area contributed by atoms with Gasteiger partial charge in [0.15, 0.2) is 0 Å². The Bertz CT molecular complexity index is 886. The first-order chi connectivity index (χ1) is 14.1. The molecule has 0 saturated heterocycles. The van der Waals surface area contributed by atoms with Gasteiger partial charge in [-0.25, -0.2) is 4.39 Å². The molecule has 0 aliphatic carbocycles. The molecular weight excluding hydrogens is 423 g/mol. The molecule has 0 unspecified atom stereocenters. The van der Waals surface area contributed by atoms with Crippen LogP contribution in [-0.2, 0) is 21.9 Å². The van der Waals surface area contributed by atoms with E-state index in [9.17, 15) is 14.0 Å². The zero-order valence-corrected chi connectivity index (χ0v) is 19.3. The Morgan fingerprint density at radius 3 is 2.50 bits per heavy atom. The van der Waals surface area contributed by atoms with E-state index in [4.69, 9.17) is 11.6 Å². The predicted molar refractivity (Wildman–Crippen MR) is 122 cm³/mol. The molecule has 162 valence electrons. The number of carbonyl (C=O) groups excluding carboxylic acids is 2. The minimum Gasteiger partial charge on any atom is -0.350 e. The number of nitrogens with one attached hydrogen (secondary N) is 1. The van der Waals surface area contributed by atoms with Crippen LogP contribution in [0.4, 0.5) is 4.39 Å². The van der Waals surface area contributed by atoms with Crippen LogP contribution in [0.1, 0.15) is 38.8 Å². The van der Waals surface area contributed by atoms with E-state index < -0.39 is 11.6 Å². The normalized spacial score (nSPS) is 12.3. The van der Waals surface area contributed by atoms with E-state index in [0.29, 0.717) is 16.3 Å². The van der Waals surface area contributed by atoms with Gasteiger partial charge in [-0.3, -0.25) is 9.59 Å². The van der Waals surface area contributed by atoms with Crippen LogP contribution in [0.25, 0.3) is 0 Å². The molecule has 2 aromatic rings. The summed E-state index contributed by atoms with van der Waals surface area (Å²) in [7, 11) is 0. The quantitative estimate of drug-likeness (QED) is 0.612. The summed E-state index contributed by atoms with van der Waals surface area (Å²) < 4.78 is 13.8. The standard InChI is InChI=1S/C23H28ClFN2O2S/c1-16(22(29)26-23(2,3)4)27(13-17-8-7-10-19(24)12-17)21(28)15-30-14-18-9-5-6-11-20(18)25/h5-12,16H,13-15H2,1-4H3,(H,26,29)/t16-/m1/s1. The molecule has 1 N–H and O–H groups in total. The van der Waals surface area contributed by atoms with Crippen LogP contribution >= 0.6 is 23.4 Å². The van der Waals surface area contributed by atoms with Crippen LogP contribution in [0.15, 0.2) is 48.5 Å². The lowest BCUT2D eigenvalue weighted by Crippen LogP contribution is -2.52. The minimum atomic E-state index is -0.662. The van der Waals surface area contributed by atoms with E-state index in [2.05, 4.69) is 5.32 Å². The molecule has 7 heteroatoms. The second-order valence-corrected chi connectivity index (χ2v) is 9.57. The molecule has 0 fully saturated rings. The zero-order valence-electron chi connectivity index (χ0n) is 17.7. The van der Waals surface area contributed by atoms with Gasteiger partial charge in [0.1, 0.15) is 11.9 Å². The van der Waals surface area contributed by atoms with Gasteiger partial charge in [-0.05, 0) is 57.0 Å². The number of hydrogen-bond donors (Lipinski definition) is 1. The molecule has 0 aliphatic heterocycles. The summed E-state index contributed by atoms with van der Waals surface area (Å²) >= 11 is 7.40. The summed E-state index contributed by atoms with van der Waals surface area (Å²) in [6, 6.07) is 13.1. The molecular formula is C23H28ClFN2O2S.